The third kappa shape index (κ3) is 8.13. The normalized spacial score (nSPS) is 12.6. The van der Waals surface area contributed by atoms with E-state index in [1.54, 1.807) is 55.5 Å². The monoisotopic (exact) mass is 491 g/mol. The van der Waals surface area contributed by atoms with Crippen molar-refractivity contribution in [1.29, 1.82) is 0 Å². The molecule has 2 rings (SSSR count). The summed E-state index contributed by atoms with van der Waals surface area (Å²) in [7, 11) is -3.55. The Morgan fingerprint density at radius 2 is 1.62 bits per heavy atom. The molecule has 0 aromatic heterocycles. The number of anilines is 1. The van der Waals surface area contributed by atoms with Gasteiger partial charge in [-0.15, -0.1) is 0 Å². The summed E-state index contributed by atoms with van der Waals surface area (Å²) < 4.78 is 40.1. The van der Waals surface area contributed by atoms with Crippen LogP contribution in [0.2, 0.25) is 0 Å². The van der Waals surface area contributed by atoms with Crippen molar-refractivity contribution in [2.45, 2.75) is 58.7 Å². The van der Waals surface area contributed by atoms with E-state index in [2.05, 4.69) is 5.32 Å². The first kappa shape index (κ1) is 27.3. The highest BCUT2D eigenvalue weighted by Crippen LogP contribution is 2.19. The van der Waals surface area contributed by atoms with Crippen LogP contribution in [0.15, 0.2) is 54.6 Å². The SMILES string of the molecule is C[C@H](C(=O)NC(C)(C)C)N(Cc1ccccc1F)C(=O)CCCN(c1ccccc1)S(C)(=O)=O. The van der Waals surface area contributed by atoms with Crippen LogP contribution in [-0.4, -0.2) is 49.5 Å². The van der Waals surface area contributed by atoms with Gasteiger partial charge in [0.1, 0.15) is 11.9 Å². The highest BCUT2D eigenvalue weighted by Gasteiger charge is 2.29. The van der Waals surface area contributed by atoms with Gasteiger partial charge in [0.05, 0.1) is 11.9 Å². The number of halogens is 1. The van der Waals surface area contributed by atoms with Crippen LogP contribution < -0.4 is 9.62 Å². The first-order valence-corrected chi connectivity index (χ1v) is 13.0. The van der Waals surface area contributed by atoms with Crippen LogP contribution in [-0.2, 0) is 26.2 Å². The third-order valence-electron chi connectivity index (χ3n) is 5.16. The molecule has 0 spiro atoms. The molecule has 0 aliphatic carbocycles. The van der Waals surface area contributed by atoms with Crippen LogP contribution in [0.5, 0.6) is 0 Å². The molecule has 0 saturated heterocycles. The minimum Gasteiger partial charge on any atom is -0.350 e. The Hall–Kier alpha value is -2.94. The van der Waals surface area contributed by atoms with Gasteiger partial charge in [0.15, 0.2) is 0 Å². The molecular formula is C25H34FN3O4S. The summed E-state index contributed by atoms with van der Waals surface area (Å²) in [6.07, 6.45) is 1.35. The minimum atomic E-state index is -3.55. The van der Waals surface area contributed by atoms with Crippen LogP contribution >= 0.6 is 0 Å². The second-order valence-corrected chi connectivity index (χ2v) is 11.2. The lowest BCUT2D eigenvalue weighted by Gasteiger charge is -2.32. The second kappa shape index (κ2) is 11.5. The molecule has 34 heavy (non-hydrogen) atoms. The quantitative estimate of drug-likeness (QED) is 0.549. The Balaban J connectivity index is 2.18. The summed E-state index contributed by atoms with van der Waals surface area (Å²) in [5, 5.41) is 2.86. The molecule has 9 heteroatoms. The maximum atomic E-state index is 14.3. The van der Waals surface area contributed by atoms with E-state index in [9.17, 15) is 22.4 Å². The maximum absolute atomic E-state index is 14.3. The van der Waals surface area contributed by atoms with E-state index < -0.39 is 27.4 Å². The molecular weight excluding hydrogens is 457 g/mol. The van der Waals surface area contributed by atoms with Gasteiger partial charge < -0.3 is 10.2 Å². The molecule has 2 aromatic rings. The number of carbonyl (C=O) groups excluding carboxylic acids is 2. The lowest BCUT2D eigenvalue weighted by molar-refractivity contribution is -0.141. The fourth-order valence-electron chi connectivity index (χ4n) is 3.46. The molecule has 0 radical (unpaired) electrons. The van der Waals surface area contributed by atoms with Gasteiger partial charge in [-0.1, -0.05) is 36.4 Å². The first-order chi connectivity index (χ1) is 15.8. The molecule has 0 aliphatic rings. The van der Waals surface area contributed by atoms with Crippen molar-refractivity contribution in [3.8, 4) is 0 Å². The molecule has 0 heterocycles. The van der Waals surface area contributed by atoms with E-state index in [0.717, 1.165) is 6.26 Å². The lowest BCUT2D eigenvalue weighted by Crippen LogP contribution is -2.52. The van der Waals surface area contributed by atoms with Gasteiger partial charge in [0.25, 0.3) is 0 Å². The number of para-hydroxylation sites is 1. The van der Waals surface area contributed by atoms with E-state index in [1.165, 1.54) is 15.3 Å². The number of nitrogens with one attached hydrogen (secondary N) is 1. The van der Waals surface area contributed by atoms with E-state index in [-0.39, 0.29) is 37.7 Å². The average Bonchev–Trinajstić information content (AvgIpc) is 2.74. The molecule has 0 aliphatic heterocycles. The predicted octanol–water partition coefficient (Wildman–Crippen LogP) is 3.70. The van der Waals surface area contributed by atoms with Crippen molar-refractivity contribution in [3.05, 3.63) is 66.0 Å². The standard InChI is InChI=1S/C25H34FN3O4S/c1-19(24(31)27-25(2,3)4)28(18-20-12-9-10-15-22(20)26)23(30)16-11-17-29(34(5,32)33)21-13-7-6-8-14-21/h6-10,12-15,19H,11,16-18H2,1-5H3,(H,27,31)/t19-/m1/s1. The van der Waals surface area contributed by atoms with E-state index >= 15 is 0 Å². The van der Waals surface area contributed by atoms with Crippen LogP contribution in [0, 0.1) is 5.82 Å². The van der Waals surface area contributed by atoms with E-state index in [1.807, 2.05) is 20.8 Å². The number of hydrogen-bond donors (Lipinski definition) is 1. The Morgan fingerprint density at radius 3 is 2.18 bits per heavy atom. The molecule has 2 amide bonds. The Kier molecular flexibility index (Phi) is 9.21. The number of amides is 2. The zero-order valence-electron chi connectivity index (χ0n) is 20.4. The van der Waals surface area contributed by atoms with E-state index in [4.69, 9.17) is 0 Å². The van der Waals surface area contributed by atoms with Gasteiger partial charge in [0, 0.05) is 30.6 Å². The van der Waals surface area contributed by atoms with Gasteiger partial charge >= 0.3 is 0 Å². The van der Waals surface area contributed by atoms with E-state index in [0.29, 0.717) is 11.3 Å². The number of hydrogen-bond acceptors (Lipinski definition) is 4. The zero-order chi connectivity index (χ0) is 25.5. The van der Waals surface area contributed by atoms with Crippen LogP contribution in [0.25, 0.3) is 0 Å². The minimum absolute atomic E-state index is 0.000441. The lowest BCUT2D eigenvalue weighted by atomic mass is 10.1. The molecule has 1 atom stereocenters. The average molecular weight is 492 g/mol. The molecule has 186 valence electrons. The molecule has 0 fully saturated rings. The molecule has 1 N–H and O–H groups in total. The largest absolute Gasteiger partial charge is 0.350 e. The predicted molar refractivity (Wildman–Crippen MR) is 132 cm³/mol. The Morgan fingerprint density at radius 1 is 1.03 bits per heavy atom. The van der Waals surface area contributed by atoms with Crippen molar-refractivity contribution in [3.63, 3.8) is 0 Å². The summed E-state index contributed by atoms with van der Waals surface area (Å²) in [4.78, 5) is 27.3. The summed E-state index contributed by atoms with van der Waals surface area (Å²) in [6.45, 7) is 7.15. The van der Waals surface area contributed by atoms with Crippen LogP contribution in [0.3, 0.4) is 0 Å². The smallest absolute Gasteiger partial charge is 0.242 e. The highest BCUT2D eigenvalue weighted by atomic mass is 32.2. The number of rotatable bonds is 10. The third-order valence-corrected chi connectivity index (χ3v) is 6.35. The highest BCUT2D eigenvalue weighted by molar-refractivity contribution is 7.92. The molecule has 0 unspecified atom stereocenters. The van der Waals surface area contributed by atoms with Crippen molar-refractivity contribution >= 4 is 27.5 Å². The van der Waals surface area contributed by atoms with Crippen molar-refractivity contribution in [2.75, 3.05) is 17.1 Å². The van der Waals surface area contributed by atoms with Gasteiger partial charge in [-0.05, 0) is 52.3 Å². The molecule has 2 aromatic carbocycles. The fraction of sp³-hybridized carbons (Fsp3) is 0.440. The fourth-order valence-corrected chi connectivity index (χ4v) is 4.43. The van der Waals surface area contributed by atoms with Gasteiger partial charge in [-0.25, -0.2) is 12.8 Å². The van der Waals surface area contributed by atoms with Crippen molar-refractivity contribution < 1.29 is 22.4 Å². The Labute approximate surface area is 202 Å². The number of benzene rings is 2. The summed E-state index contributed by atoms with van der Waals surface area (Å²) in [6, 6.07) is 13.9. The topological polar surface area (TPSA) is 86.8 Å². The number of carbonyl (C=O) groups is 2. The number of sulfonamides is 1. The molecule has 7 nitrogen and oxygen atoms in total. The van der Waals surface area contributed by atoms with Crippen LogP contribution in [0.1, 0.15) is 46.1 Å². The van der Waals surface area contributed by atoms with Gasteiger partial charge in [-0.2, -0.15) is 0 Å². The molecule has 0 saturated carbocycles. The summed E-state index contributed by atoms with van der Waals surface area (Å²) in [5.41, 5.74) is 0.316. The number of nitrogens with zero attached hydrogens (tertiary/aromatic N) is 2. The summed E-state index contributed by atoms with van der Waals surface area (Å²) >= 11 is 0. The zero-order valence-corrected chi connectivity index (χ0v) is 21.2. The Bertz CT molecular complexity index is 1080. The second-order valence-electron chi connectivity index (χ2n) is 9.30. The van der Waals surface area contributed by atoms with Crippen LogP contribution in [0.4, 0.5) is 10.1 Å². The first-order valence-electron chi connectivity index (χ1n) is 11.2. The van der Waals surface area contributed by atoms with Gasteiger partial charge in [0.2, 0.25) is 21.8 Å². The van der Waals surface area contributed by atoms with Crippen molar-refractivity contribution in [2.24, 2.45) is 0 Å². The molecule has 0 bridgehead atoms. The summed E-state index contributed by atoms with van der Waals surface area (Å²) in [5.74, 6) is -1.17. The maximum Gasteiger partial charge on any atom is 0.242 e. The van der Waals surface area contributed by atoms with Crippen molar-refractivity contribution in [1.82, 2.24) is 10.2 Å². The van der Waals surface area contributed by atoms with Gasteiger partial charge in [-0.3, -0.25) is 13.9 Å².